The first-order valence-electron chi connectivity index (χ1n) is 3.38. The molecule has 5 heteroatoms. The minimum absolute atomic E-state index is 0.262. The normalized spacial score (nSPS) is 11.6. The van der Waals surface area contributed by atoms with Gasteiger partial charge >= 0.3 is 0 Å². The predicted molar refractivity (Wildman–Crippen MR) is 44.6 cm³/mol. The molecule has 0 aliphatic carbocycles. The Balaban J connectivity index is 3.08. The summed E-state index contributed by atoms with van der Waals surface area (Å²) in [6, 6.07) is 2.64. The van der Waals surface area contributed by atoms with E-state index >= 15 is 0 Å². The van der Waals surface area contributed by atoms with Crippen molar-refractivity contribution in [3.8, 4) is 0 Å². The molecule has 13 heavy (non-hydrogen) atoms. The van der Waals surface area contributed by atoms with Gasteiger partial charge in [-0.3, -0.25) is 0 Å². The third kappa shape index (κ3) is 3.10. The average molecular weight is 205 g/mol. The van der Waals surface area contributed by atoms with E-state index in [0.717, 1.165) is 24.5 Å². The van der Waals surface area contributed by atoms with Crippen molar-refractivity contribution in [1.29, 1.82) is 0 Å². The maximum absolute atomic E-state index is 12.8. The van der Waals surface area contributed by atoms with Crippen LogP contribution in [0, 0.1) is 17.4 Å². The van der Waals surface area contributed by atoms with E-state index in [-0.39, 0.29) is 5.56 Å². The SMILES string of the molecule is CS(=O)(=O)[CH]c1cc(F)ccc1F. The number of rotatable bonds is 2. The maximum Gasteiger partial charge on any atom is 0.156 e. The standard InChI is InChI=1S/C8H7F2O2S/c1-13(11,12)5-6-4-7(9)2-3-8(6)10/h2-5H,1H3. The van der Waals surface area contributed by atoms with Crippen LogP contribution in [0.25, 0.3) is 0 Å². The van der Waals surface area contributed by atoms with E-state index in [1.165, 1.54) is 0 Å². The highest BCUT2D eigenvalue weighted by atomic mass is 32.2. The lowest BCUT2D eigenvalue weighted by atomic mass is 10.2. The van der Waals surface area contributed by atoms with E-state index in [9.17, 15) is 17.2 Å². The summed E-state index contributed by atoms with van der Waals surface area (Å²) in [4.78, 5) is 0. The van der Waals surface area contributed by atoms with Gasteiger partial charge in [-0.2, -0.15) is 0 Å². The molecule has 1 rings (SSSR count). The van der Waals surface area contributed by atoms with Crippen molar-refractivity contribution in [3.63, 3.8) is 0 Å². The van der Waals surface area contributed by atoms with Gasteiger partial charge in [0.2, 0.25) is 0 Å². The number of hydrogen-bond donors (Lipinski definition) is 0. The Morgan fingerprint density at radius 2 is 1.92 bits per heavy atom. The Hall–Kier alpha value is -0.970. The molecule has 1 radical (unpaired) electrons. The minimum Gasteiger partial charge on any atom is -0.228 e. The summed E-state index contributed by atoms with van der Waals surface area (Å²) in [5, 5.41) is 0. The van der Waals surface area contributed by atoms with E-state index in [4.69, 9.17) is 0 Å². The lowest BCUT2D eigenvalue weighted by Gasteiger charge is -2.00. The van der Waals surface area contributed by atoms with Crippen LogP contribution in [0.15, 0.2) is 18.2 Å². The Bertz CT molecular complexity index is 412. The van der Waals surface area contributed by atoms with Crippen LogP contribution in [0.2, 0.25) is 0 Å². The molecule has 1 aromatic rings. The van der Waals surface area contributed by atoms with E-state index in [0.29, 0.717) is 5.75 Å². The molecule has 0 bridgehead atoms. The smallest absolute Gasteiger partial charge is 0.156 e. The fourth-order valence-electron chi connectivity index (χ4n) is 0.836. The second-order valence-electron chi connectivity index (χ2n) is 2.61. The zero-order valence-corrected chi connectivity index (χ0v) is 7.61. The molecule has 0 saturated heterocycles. The van der Waals surface area contributed by atoms with Crippen molar-refractivity contribution >= 4 is 9.84 Å². The predicted octanol–water partition coefficient (Wildman–Crippen LogP) is 1.52. The molecular formula is C8H7F2O2S. The molecule has 0 N–H and O–H groups in total. The van der Waals surface area contributed by atoms with Crippen LogP contribution >= 0.6 is 0 Å². The topological polar surface area (TPSA) is 34.1 Å². The van der Waals surface area contributed by atoms with Crippen LogP contribution in [0.4, 0.5) is 8.78 Å². The van der Waals surface area contributed by atoms with Crippen LogP contribution in [-0.2, 0) is 9.84 Å². The van der Waals surface area contributed by atoms with Gasteiger partial charge in [-0.1, -0.05) is 0 Å². The molecular weight excluding hydrogens is 198 g/mol. The van der Waals surface area contributed by atoms with Gasteiger partial charge < -0.3 is 0 Å². The summed E-state index contributed by atoms with van der Waals surface area (Å²) in [5.74, 6) is -0.742. The Labute approximate surface area is 75.1 Å². The summed E-state index contributed by atoms with van der Waals surface area (Å²) in [7, 11) is -3.45. The highest BCUT2D eigenvalue weighted by molar-refractivity contribution is 7.92. The molecule has 0 unspecified atom stereocenters. The van der Waals surface area contributed by atoms with Gasteiger partial charge in [0.1, 0.15) is 17.4 Å². The van der Waals surface area contributed by atoms with Crippen LogP contribution in [0.1, 0.15) is 5.56 Å². The maximum atomic E-state index is 12.8. The summed E-state index contributed by atoms with van der Waals surface area (Å²) in [6.45, 7) is 0. The summed E-state index contributed by atoms with van der Waals surface area (Å²) in [5.41, 5.74) is -0.262. The summed E-state index contributed by atoms with van der Waals surface area (Å²) >= 11 is 0. The van der Waals surface area contributed by atoms with E-state index in [2.05, 4.69) is 0 Å². The van der Waals surface area contributed by atoms with Gasteiger partial charge in [0.15, 0.2) is 9.84 Å². The summed E-state index contributed by atoms with van der Waals surface area (Å²) < 4.78 is 46.8. The fraction of sp³-hybridized carbons (Fsp3) is 0.125. The second kappa shape index (κ2) is 3.41. The van der Waals surface area contributed by atoms with Gasteiger partial charge in [-0.15, -0.1) is 0 Å². The molecule has 0 atom stereocenters. The van der Waals surface area contributed by atoms with Crippen molar-refractivity contribution in [2.75, 3.05) is 6.26 Å². The third-order valence-electron chi connectivity index (χ3n) is 1.30. The van der Waals surface area contributed by atoms with Gasteiger partial charge in [0.05, 0.1) is 0 Å². The number of halogens is 2. The Kier molecular flexibility index (Phi) is 2.66. The minimum atomic E-state index is -3.45. The number of sulfone groups is 1. The molecule has 71 valence electrons. The molecule has 0 fully saturated rings. The molecule has 0 heterocycles. The highest BCUT2D eigenvalue weighted by Crippen LogP contribution is 2.13. The first kappa shape index (κ1) is 10.1. The molecule has 2 nitrogen and oxygen atoms in total. The van der Waals surface area contributed by atoms with E-state index in [1.807, 2.05) is 0 Å². The molecule has 0 aliphatic heterocycles. The van der Waals surface area contributed by atoms with Crippen molar-refractivity contribution in [2.24, 2.45) is 0 Å². The van der Waals surface area contributed by atoms with Crippen molar-refractivity contribution in [2.45, 2.75) is 0 Å². The van der Waals surface area contributed by atoms with E-state index in [1.54, 1.807) is 0 Å². The quantitative estimate of drug-likeness (QED) is 0.733. The Morgan fingerprint density at radius 3 is 2.46 bits per heavy atom. The fourth-order valence-corrected chi connectivity index (χ4v) is 1.48. The van der Waals surface area contributed by atoms with Gasteiger partial charge in [-0.05, 0) is 18.2 Å². The first-order valence-corrected chi connectivity index (χ1v) is 5.34. The average Bonchev–Trinajstić information content (AvgIpc) is 1.94. The second-order valence-corrected chi connectivity index (χ2v) is 4.51. The molecule has 0 amide bonds. The van der Waals surface area contributed by atoms with Crippen LogP contribution in [-0.4, -0.2) is 14.7 Å². The molecule has 1 aromatic carbocycles. The van der Waals surface area contributed by atoms with Crippen LogP contribution in [0.3, 0.4) is 0 Å². The van der Waals surface area contributed by atoms with Crippen molar-refractivity contribution < 1.29 is 17.2 Å². The van der Waals surface area contributed by atoms with Crippen LogP contribution in [0.5, 0.6) is 0 Å². The van der Waals surface area contributed by atoms with Gasteiger partial charge in [0, 0.05) is 11.8 Å². The lowest BCUT2D eigenvalue weighted by molar-refractivity contribution is 0.590. The summed E-state index contributed by atoms with van der Waals surface area (Å²) in [6.07, 6.45) is 0.914. The van der Waals surface area contributed by atoms with Gasteiger partial charge in [-0.25, -0.2) is 17.2 Å². The van der Waals surface area contributed by atoms with Gasteiger partial charge in [0.25, 0.3) is 0 Å². The zero-order chi connectivity index (χ0) is 10.1. The highest BCUT2D eigenvalue weighted by Gasteiger charge is 2.10. The first-order chi connectivity index (χ1) is 5.88. The largest absolute Gasteiger partial charge is 0.228 e. The molecule has 0 spiro atoms. The van der Waals surface area contributed by atoms with Crippen LogP contribution < -0.4 is 0 Å². The number of hydrogen-bond acceptors (Lipinski definition) is 2. The Morgan fingerprint density at radius 1 is 1.31 bits per heavy atom. The molecule has 0 saturated carbocycles. The van der Waals surface area contributed by atoms with E-state index < -0.39 is 21.5 Å². The van der Waals surface area contributed by atoms with Crippen molar-refractivity contribution in [1.82, 2.24) is 0 Å². The lowest BCUT2D eigenvalue weighted by Crippen LogP contribution is -2.00. The third-order valence-corrected chi connectivity index (χ3v) is 1.98. The zero-order valence-electron chi connectivity index (χ0n) is 6.79. The molecule has 0 aliphatic rings. The number of benzene rings is 1. The van der Waals surface area contributed by atoms with Crippen molar-refractivity contribution in [3.05, 3.63) is 41.1 Å². The monoisotopic (exact) mass is 205 g/mol. The molecule has 0 aromatic heterocycles.